The van der Waals surface area contributed by atoms with Crippen LogP contribution in [0.5, 0.6) is 0 Å². The average Bonchev–Trinajstić information content (AvgIpc) is 2.48. The molecule has 0 saturated carbocycles. The maximum atomic E-state index is 5.76. The van der Waals surface area contributed by atoms with Crippen molar-refractivity contribution < 1.29 is 4.74 Å². The molecule has 0 fully saturated rings. The summed E-state index contributed by atoms with van der Waals surface area (Å²) in [5, 5.41) is 8.04. The zero-order chi connectivity index (χ0) is 10.6. The van der Waals surface area contributed by atoms with Crippen molar-refractivity contribution in [3.63, 3.8) is 0 Å². The summed E-state index contributed by atoms with van der Waals surface area (Å²) in [5.74, 6) is 2.59. The summed E-state index contributed by atoms with van der Waals surface area (Å²) in [4.78, 5) is 0. The van der Waals surface area contributed by atoms with Crippen LogP contribution < -0.4 is 0 Å². The van der Waals surface area contributed by atoms with E-state index in [0.717, 1.165) is 18.2 Å². The molecule has 1 aromatic heterocycles. The highest BCUT2D eigenvalue weighted by molar-refractivity contribution is 6.16. The molecule has 1 rings (SSSR count). The van der Waals surface area contributed by atoms with E-state index in [-0.39, 0.29) is 0 Å². The van der Waals surface area contributed by atoms with E-state index in [1.807, 2.05) is 4.57 Å². The predicted octanol–water partition coefficient (Wildman–Crippen LogP) is 1.82. The molecule has 0 radical (unpaired) electrons. The van der Waals surface area contributed by atoms with Crippen molar-refractivity contribution in [1.29, 1.82) is 0 Å². The van der Waals surface area contributed by atoms with Crippen LogP contribution in [0.3, 0.4) is 0 Å². The van der Waals surface area contributed by atoms with Gasteiger partial charge in [-0.3, -0.25) is 0 Å². The van der Waals surface area contributed by atoms with Gasteiger partial charge in [-0.25, -0.2) is 0 Å². The van der Waals surface area contributed by atoms with Gasteiger partial charge >= 0.3 is 0 Å². The van der Waals surface area contributed by atoms with Gasteiger partial charge in [0.05, 0.1) is 5.88 Å². The highest BCUT2D eigenvalue weighted by atomic mass is 35.5. The lowest BCUT2D eigenvalue weighted by Crippen LogP contribution is -2.11. The number of hydrogen-bond acceptors (Lipinski definition) is 3. The van der Waals surface area contributed by atoms with Crippen molar-refractivity contribution in [2.45, 2.75) is 32.9 Å². The van der Waals surface area contributed by atoms with Crippen LogP contribution in [0.2, 0.25) is 0 Å². The number of halogens is 1. The Morgan fingerprint density at radius 2 is 2.00 bits per heavy atom. The summed E-state index contributed by atoms with van der Waals surface area (Å²) in [6.07, 6.45) is 0. The Bertz CT molecular complexity index is 286. The number of aromatic nitrogens is 3. The van der Waals surface area contributed by atoms with Crippen molar-refractivity contribution in [1.82, 2.24) is 14.8 Å². The largest absolute Gasteiger partial charge is 0.377 e. The zero-order valence-corrected chi connectivity index (χ0v) is 9.58. The smallest absolute Gasteiger partial charge is 0.159 e. The zero-order valence-electron chi connectivity index (χ0n) is 8.83. The third kappa shape index (κ3) is 2.69. The predicted molar refractivity (Wildman–Crippen MR) is 55.1 cm³/mol. The topological polar surface area (TPSA) is 39.9 Å². The van der Waals surface area contributed by atoms with Crippen molar-refractivity contribution in [3.8, 4) is 0 Å². The second kappa shape index (κ2) is 5.32. The van der Waals surface area contributed by atoms with Gasteiger partial charge in [0, 0.05) is 13.7 Å². The Hall–Kier alpha value is -0.610. The van der Waals surface area contributed by atoms with Gasteiger partial charge in [0.25, 0.3) is 0 Å². The minimum absolute atomic E-state index is 0.392. The van der Waals surface area contributed by atoms with Crippen molar-refractivity contribution in [3.05, 3.63) is 11.6 Å². The van der Waals surface area contributed by atoms with E-state index < -0.39 is 0 Å². The number of methoxy groups -OCH3 is 1. The summed E-state index contributed by atoms with van der Waals surface area (Å²) < 4.78 is 7.07. The van der Waals surface area contributed by atoms with Crippen LogP contribution in [0, 0.1) is 5.92 Å². The molecule has 1 aromatic rings. The second-order valence-electron chi connectivity index (χ2n) is 3.60. The highest BCUT2D eigenvalue weighted by Gasteiger charge is 2.11. The summed E-state index contributed by atoms with van der Waals surface area (Å²) in [7, 11) is 1.65. The molecule has 0 aliphatic carbocycles. The Balaban J connectivity index is 2.87. The second-order valence-corrected chi connectivity index (χ2v) is 3.87. The lowest BCUT2D eigenvalue weighted by atomic mass is 10.2. The van der Waals surface area contributed by atoms with E-state index in [1.165, 1.54) is 0 Å². The standard InChI is InChI=1S/C9H16ClN3O/c1-7(2)5-13-8(4-10)11-12-9(13)6-14-3/h7H,4-6H2,1-3H3. The maximum absolute atomic E-state index is 5.76. The fraction of sp³-hybridized carbons (Fsp3) is 0.778. The molecule has 0 saturated heterocycles. The molecule has 0 atom stereocenters. The molecule has 0 aliphatic heterocycles. The molecule has 0 spiro atoms. The molecule has 0 aromatic carbocycles. The number of alkyl halides is 1. The van der Waals surface area contributed by atoms with Crippen molar-refractivity contribution >= 4 is 11.6 Å². The first-order valence-electron chi connectivity index (χ1n) is 4.64. The molecule has 0 bridgehead atoms. The summed E-state index contributed by atoms with van der Waals surface area (Å²) in [6.45, 7) is 5.66. The number of ether oxygens (including phenoxy) is 1. The van der Waals surface area contributed by atoms with Crippen LogP contribution in [0.1, 0.15) is 25.5 Å². The number of nitrogens with zero attached hydrogens (tertiary/aromatic N) is 3. The first kappa shape index (κ1) is 11.5. The van der Waals surface area contributed by atoms with Gasteiger partial charge in [0.15, 0.2) is 5.82 Å². The van der Waals surface area contributed by atoms with Gasteiger partial charge < -0.3 is 9.30 Å². The van der Waals surface area contributed by atoms with Gasteiger partial charge in [-0.1, -0.05) is 13.8 Å². The van der Waals surface area contributed by atoms with Gasteiger partial charge in [-0.15, -0.1) is 21.8 Å². The molecule has 4 nitrogen and oxygen atoms in total. The molecule has 80 valence electrons. The summed E-state index contributed by atoms with van der Waals surface area (Å²) in [6, 6.07) is 0. The van der Waals surface area contributed by atoms with Gasteiger partial charge in [-0.2, -0.15) is 0 Å². The summed E-state index contributed by atoms with van der Waals surface area (Å²) >= 11 is 5.76. The number of rotatable bonds is 5. The van der Waals surface area contributed by atoms with Gasteiger partial charge in [-0.05, 0) is 5.92 Å². The Morgan fingerprint density at radius 3 is 2.50 bits per heavy atom. The Labute approximate surface area is 89.2 Å². The van der Waals surface area contributed by atoms with E-state index in [2.05, 4.69) is 24.0 Å². The third-order valence-corrected chi connectivity index (χ3v) is 2.08. The lowest BCUT2D eigenvalue weighted by molar-refractivity contribution is 0.173. The summed E-state index contributed by atoms with van der Waals surface area (Å²) in [5.41, 5.74) is 0. The molecular weight excluding hydrogens is 202 g/mol. The molecule has 0 N–H and O–H groups in total. The van der Waals surface area contributed by atoms with E-state index in [1.54, 1.807) is 7.11 Å². The van der Waals surface area contributed by atoms with Crippen LogP contribution in [0.25, 0.3) is 0 Å². The lowest BCUT2D eigenvalue weighted by Gasteiger charge is -2.10. The first-order chi connectivity index (χ1) is 6.69. The molecule has 14 heavy (non-hydrogen) atoms. The number of hydrogen-bond donors (Lipinski definition) is 0. The normalized spacial score (nSPS) is 11.2. The van der Waals surface area contributed by atoms with Crippen molar-refractivity contribution in [2.75, 3.05) is 7.11 Å². The van der Waals surface area contributed by atoms with Crippen LogP contribution in [-0.2, 0) is 23.8 Å². The van der Waals surface area contributed by atoms with E-state index >= 15 is 0 Å². The quantitative estimate of drug-likeness (QED) is 0.707. The van der Waals surface area contributed by atoms with Crippen LogP contribution in [-0.4, -0.2) is 21.9 Å². The molecule has 1 heterocycles. The fourth-order valence-electron chi connectivity index (χ4n) is 1.28. The maximum Gasteiger partial charge on any atom is 0.159 e. The fourth-order valence-corrected chi connectivity index (χ4v) is 1.48. The Morgan fingerprint density at radius 1 is 1.36 bits per heavy atom. The molecule has 5 heteroatoms. The first-order valence-corrected chi connectivity index (χ1v) is 5.18. The Kier molecular flexibility index (Phi) is 4.35. The molecule has 0 unspecified atom stereocenters. The minimum Gasteiger partial charge on any atom is -0.377 e. The SMILES string of the molecule is COCc1nnc(CCl)n1CC(C)C. The monoisotopic (exact) mass is 217 g/mol. The van der Waals surface area contributed by atoms with Gasteiger partial charge in [0.2, 0.25) is 0 Å². The van der Waals surface area contributed by atoms with Gasteiger partial charge in [0.1, 0.15) is 12.4 Å². The van der Waals surface area contributed by atoms with E-state index in [0.29, 0.717) is 18.4 Å². The molecule has 0 aliphatic rings. The minimum atomic E-state index is 0.392. The van der Waals surface area contributed by atoms with Crippen molar-refractivity contribution in [2.24, 2.45) is 5.92 Å². The highest BCUT2D eigenvalue weighted by Crippen LogP contribution is 2.09. The molecule has 0 amide bonds. The average molecular weight is 218 g/mol. The third-order valence-electron chi connectivity index (χ3n) is 1.84. The van der Waals surface area contributed by atoms with E-state index in [4.69, 9.17) is 16.3 Å². The van der Waals surface area contributed by atoms with E-state index in [9.17, 15) is 0 Å². The van der Waals surface area contributed by atoms with Crippen LogP contribution in [0.4, 0.5) is 0 Å². The van der Waals surface area contributed by atoms with Crippen LogP contribution >= 0.6 is 11.6 Å². The molecular formula is C9H16ClN3O. The van der Waals surface area contributed by atoms with Crippen LogP contribution in [0.15, 0.2) is 0 Å².